The number of carboxylic acids is 1. The topological polar surface area (TPSA) is 50.2 Å². The highest BCUT2D eigenvalue weighted by atomic mass is 19.4. The minimum Gasteiger partial charge on any atom is -0.478 e. The third kappa shape index (κ3) is 2.57. The fraction of sp³-hybridized carbons (Fsp3) is 0.0769. The van der Waals surface area contributed by atoms with Gasteiger partial charge in [0.05, 0.1) is 11.1 Å². The van der Waals surface area contributed by atoms with Gasteiger partial charge in [-0.2, -0.15) is 13.2 Å². The van der Waals surface area contributed by atoms with Gasteiger partial charge in [-0.25, -0.2) is 4.79 Å². The average molecular weight is 267 g/mol. The van der Waals surface area contributed by atoms with Gasteiger partial charge in [0.15, 0.2) is 0 Å². The lowest BCUT2D eigenvalue weighted by Crippen LogP contribution is -2.12. The molecule has 2 aromatic rings. The Hall–Kier alpha value is -2.37. The van der Waals surface area contributed by atoms with Gasteiger partial charge in [-0.1, -0.05) is 30.3 Å². The molecule has 98 valence electrons. The summed E-state index contributed by atoms with van der Waals surface area (Å²) in [5.74, 6) is -1.45. The van der Waals surface area contributed by atoms with E-state index in [0.717, 1.165) is 6.20 Å². The zero-order valence-corrected chi connectivity index (χ0v) is 9.48. The number of carbonyl (C=O) groups is 1. The first-order chi connectivity index (χ1) is 8.91. The van der Waals surface area contributed by atoms with Gasteiger partial charge in [0.1, 0.15) is 0 Å². The number of hydrogen-bond donors (Lipinski definition) is 1. The van der Waals surface area contributed by atoms with Crippen molar-refractivity contribution in [1.82, 2.24) is 4.98 Å². The molecule has 0 saturated carbocycles. The molecule has 0 amide bonds. The summed E-state index contributed by atoms with van der Waals surface area (Å²) >= 11 is 0. The van der Waals surface area contributed by atoms with Crippen molar-refractivity contribution in [3.05, 3.63) is 53.9 Å². The summed E-state index contributed by atoms with van der Waals surface area (Å²) in [4.78, 5) is 14.4. The maximum Gasteiger partial charge on any atom is 0.418 e. The summed E-state index contributed by atoms with van der Waals surface area (Å²) in [5, 5.41) is 9.01. The highest BCUT2D eigenvalue weighted by Crippen LogP contribution is 2.38. The van der Waals surface area contributed by atoms with Crippen molar-refractivity contribution in [2.45, 2.75) is 6.18 Å². The highest BCUT2D eigenvalue weighted by Gasteiger charge is 2.36. The van der Waals surface area contributed by atoms with E-state index in [1.165, 1.54) is 12.1 Å². The van der Waals surface area contributed by atoms with E-state index in [1.807, 2.05) is 0 Å². The summed E-state index contributed by atoms with van der Waals surface area (Å²) in [7, 11) is 0. The minimum atomic E-state index is -4.66. The molecular weight excluding hydrogens is 259 g/mol. The van der Waals surface area contributed by atoms with Crippen LogP contribution in [0.5, 0.6) is 0 Å². The predicted octanol–water partition coefficient (Wildman–Crippen LogP) is 3.47. The van der Waals surface area contributed by atoms with E-state index in [-0.39, 0.29) is 11.1 Å². The summed E-state index contributed by atoms with van der Waals surface area (Å²) in [6.07, 6.45) is -3.11. The third-order valence-corrected chi connectivity index (χ3v) is 2.54. The lowest BCUT2D eigenvalue weighted by molar-refractivity contribution is -0.137. The summed E-state index contributed by atoms with van der Waals surface area (Å²) in [5.41, 5.74) is -1.70. The van der Waals surface area contributed by atoms with E-state index in [0.29, 0.717) is 6.20 Å². The zero-order chi connectivity index (χ0) is 14.0. The van der Waals surface area contributed by atoms with Crippen molar-refractivity contribution in [3.8, 4) is 11.1 Å². The summed E-state index contributed by atoms with van der Waals surface area (Å²) in [6, 6.07) is 7.58. The Labute approximate surface area is 106 Å². The van der Waals surface area contributed by atoms with Crippen molar-refractivity contribution >= 4 is 5.97 Å². The summed E-state index contributed by atoms with van der Waals surface area (Å²) < 4.78 is 38.8. The molecule has 19 heavy (non-hydrogen) atoms. The lowest BCUT2D eigenvalue weighted by atomic mass is 9.96. The molecule has 6 heteroatoms. The van der Waals surface area contributed by atoms with E-state index in [1.54, 1.807) is 18.2 Å². The van der Waals surface area contributed by atoms with Crippen LogP contribution >= 0.6 is 0 Å². The van der Waals surface area contributed by atoms with Gasteiger partial charge in [-0.3, -0.25) is 4.98 Å². The van der Waals surface area contributed by atoms with E-state index in [2.05, 4.69) is 4.98 Å². The van der Waals surface area contributed by atoms with Crippen LogP contribution in [0.2, 0.25) is 0 Å². The van der Waals surface area contributed by atoms with Crippen LogP contribution in [-0.2, 0) is 6.18 Å². The monoisotopic (exact) mass is 267 g/mol. The van der Waals surface area contributed by atoms with Crippen LogP contribution < -0.4 is 0 Å². The van der Waals surface area contributed by atoms with Gasteiger partial charge in [0, 0.05) is 18.0 Å². The molecule has 0 spiro atoms. The Morgan fingerprint density at radius 2 is 1.74 bits per heavy atom. The molecule has 2 rings (SSSR count). The maximum atomic E-state index is 12.9. The van der Waals surface area contributed by atoms with Crippen LogP contribution in [0.25, 0.3) is 11.1 Å². The number of carboxylic acid groups (broad SMARTS) is 1. The molecule has 1 N–H and O–H groups in total. The first-order valence-electron chi connectivity index (χ1n) is 5.25. The molecule has 1 aromatic carbocycles. The van der Waals surface area contributed by atoms with Crippen LogP contribution in [-0.4, -0.2) is 16.1 Å². The maximum absolute atomic E-state index is 12.9. The zero-order valence-electron chi connectivity index (χ0n) is 9.48. The normalized spacial score (nSPS) is 11.3. The van der Waals surface area contributed by atoms with Gasteiger partial charge in [0.2, 0.25) is 0 Å². The molecular formula is C13H8F3NO2. The largest absolute Gasteiger partial charge is 0.478 e. The number of pyridine rings is 1. The van der Waals surface area contributed by atoms with Crippen molar-refractivity contribution in [2.75, 3.05) is 0 Å². The Morgan fingerprint density at radius 1 is 1.11 bits per heavy atom. The van der Waals surface area contributed by atoms with E-state index >= 15 is 0 Å². The molecule has 0 aliphatic carbocycles. The van der Waals surface area contributed by atoms with Crippen LogP contribution in [0.3, 0.4) is 0 Å². The molecule has 0 aliphatic heterocycles. The van der Waals surface area contributed by atoms with Crippen molar-refractivity contribution in [3.63, 3.8) is 0 Å². The Kier molecular flexibility index (Phi) is 3.25. The molecule has 0 atom stereocenters. The number of aromatic carboxylic acids is 1. The van der Waals surface area contributed by atoms with Crippen molar-refractivity contribution in [2.24, 2.45) is 0 Å². The first-order valence-corrected chi connectivity index (χ1v) is 5.25. The lowest BCUT2D eigenvalue weighted by Gasteiger charge is -2.14. The van der Waals surface area contributed by atoms with E-state index < -0.39 is 23.3 Å². The fourth-order valence-electron chi connectivity index (χ4n) is 1.75. The minimum absolute atomic E-state index is 0.189. The number of benzene rings is 1. The highest BCUT2D eigenvalue weighted by molar-refractivity contribution is 5.96. The smallest absolute Gasteiger partial charge is 0.418 e. The van der Waals surface area contributed by atoms with E-state index in [4.69, 9.17) is 5.11 Å². The molecule has 1 aromatic heterocycles. The number of halogens is 3. The fourth-order valence-corrected chi connectivity index (χ4v) is 1.75. The van der Waals surface area contributed by atoms with E-state index in [9.17, 15) is 18.0 Å². The van der Waals surface area contributed by atoms with Crippen LogP contribution in [0.15, 0.2) is 42.7 Å². The third-order valence-electron chi connectivity index (χ3n) is 2.54. The van der Waals surface area contributed by atoms with Gasteiger partial charge >= 0.3 is 12.1 Å². The Morgan fingerprint density at radius 3 is 2.26 bits per heavy atom. The molecule has 0 radical (unpaired) electrons. The molecule has 1 heterocycles. The van der Waals surface area contributed by atoms with Gasteiger partial charge in [-0.15, -0.1) is 0 Å². The second kappa shape index (κ2) is 4.72. The molecule has 0 fully saturated rings. The van der Waals surface area contributed by atoms with Gasteiger partial charge in [0.25, 0.3) is 0 Å². The Bertz CT molecular complexity index is 609. The van der Waals surface area contributed by atoms with Crippen LogP contribution in [0.4, 0.5) is 13.2 Å². The van der Waals surface area contributed by atoms with Gasteiger partial charge in [-0.05, 0) is 5.56 Å². The number of nitrogens with zero attached hydrogens (tertiary/aromatic N) is 1. The van der Waals surface area contributed by atoms with Crippen molar-refractivity contribution < 1.29 is 23.1 Å². The Balaban J connectivity index is 2.78. The van der Waals surface area contributed by atoms with Crippen molar-refractivity contribution in [1.29, 1.82) is 0 Å². The SMILES string of the molecule is O=C(O)c1cncc(C(F)(F)F)c1-c1ccccc1. The molecule has 0 aliphatic rings. The second-order valence-electron chi connectivity index (χ2n) is 3.78. The number of hydrogen-bond acceptors (Lipinski definition) is 2. The quantitative estimate of drug-likeness (QED) is 0.906. The summed E-state index contributed by atoms with van der Waals surface area (Å²) in [6.45, 7) is 0. The molecule has 0 bridgehead atoms. The number of rotatable bonds is 2. The predicted molar refractivity (Wildman–Crippen MR) is 61.6 cm³/mol. The molecule has 0 unspecified atom stereocenters. The van der Waals surface area contributed by atoms with Crippen LogP contribution in [0, 0.1) is 0 Å². The molecule has 0 saturated heterocycles. The number of alkyl halides is 3. The van der Waals surface area contributed by atoms with Crippen LogP contribution in [0.1, 0.15) is 15.9 Å². The second-order valence-corrected chi connectivity index (χ2v) is 3.78. The standard InChI is InChI=1S/C13H8F3NO2/c14-13(15,16)10-7-17-6-9(12(18)19)11(10)8-4-2-1-3-5-8/h1-7H,(H,18,19). The average Bonchev–Trinajstić information content (AvgIpc) is 2.37. The number of aromatic nitrogens is 1. The molecule has 3 nitrogen and oxygen atoms in total. The van der Waals surface area contributed by atoms with Gasteiger partial charge < -0.3 is 5.11 Å². The first kappa shape index (κ1) is 13.1.